The van der Waals surface area contributed by atoms with E-state index in [0.717, 1.165) is 17.7 Å². The third-order valence-corrected chi connectivity index (χ3v) is 5.46. The van der Waals surface area contributed by atoms with Crippen molar-refractivity contribution >= 4 is 18.2 Å². The molecule has 0 aromatic heterocycles. The lowest BCUT2D eigenvalue weighted by atomic mass is 9.95. The van der Waals surface area contributed by atoms with Crippen molar-refractivity contribution in [2.75, 3.05) is 26.9 Å². The van der Waals surface area contributed by atoms with Gasteiger partial charge in [0.15, 0.2) is 17.7 Å². The quantitative estimate of drug-likeness (QED) is 0.135. The van der Waals surface area contributed by atoms with Crippen LogP contribution in [0.5, 0.6) is 17.2 Å². The number of esters is 1. The minimum Gasteiger partial charge on any atom is -0.494 e. The van der Waals surface area contributed by atoms with E-state index in [0.29, 0.717) is 36.0 Å². The van der Waals surface area contributed by atoms with Crippen LogP contribution in [-0.2, 0) is 9.53 Å². The monoisotopic (exact) mass is 526 g/mol. The number of benzene rings is 2. The predicted octanol–water partition coefficient (Wildman–Crippen LogP) is 3.00. The molecule has 2 aromatic carbocycles. The third kappa shape index (κ3) is 7.62. The van der Waals surface area contributed by atoms with Crippen molar-refractivity contribution in [3.63, 3.8) is 0 Å². The topological polar surface area (TPSA) is 140 Å². The number of allylic oxidation sites excluding steroid dienone is 1. The highest BCUT2D eigenvalue weighted by atomic mass is 16.5. The van der Waals surface area contributed by atoms with Crippen molar-refractivity contribution < 1.29 is 33.6 Å². The van der Waals surface area contributed by atoms with Crippen LogP contribution in [0.15, 0.2) is 58.8 Å². The Kier molecular flexibility index (Phi) is 10.4. The van der Waals surface area contributed by atoms with E-state index in [2.05, 4.69) is 21.2 Å². The van der Waals surface area contributed by atoms with Gasteiger partial charge in [-0.1, -0.05) is 13.0 Å². The first-order chi connectivity index (χ1) is 18.4. The molecule has 3 rings (SSSR count). The molecule has 204 valence electrons. The fraction of sp³-hybridized carbons (Fsp3) is 0.370. The molecule has 11 nitrogen and oxygen atoms in total. The Morgan fingerprint density at radius 1 is 1.13 bits per heavy atom. The Morgan fingerprint density at radius 3 is 2.58 bits per heavy atom. The first-order valence-electron chi connectivity index (χ1n) is 12.3. The minimum absolute atomic E-state index is 0.114. The van der Waals surface area contributed by atoms with Crippen molar-refractivity contribution in [3.05, 3.63) is 64.9 Å². The summed E-state index contributed by atoms with van der Waals surface area (Å²) in [6, 6.07) is 11.3. The van der Waals surface area contributed by atoms with Gasteiger partial charge in [-0.2, -0.15) is 5.10 Å². The van der Waals surface area contributed by atoms with Gasteiger partial charge in [0.25, 0.3) is 0 Å². The van der Waals surface area contributed by atoms with Crippen LogP contribution in [0.4, 0.5) is 4.79 Å². The molecular weight excluding hydrogens is 492 g/mol. The zero-order valence-electron chi connectivity index (χ0n) is 21.9. The second-order valence-corrected chi connectivity index (χ2v) is 8.33. The number of hydrazone groups is 1. The minimum atomic E-state index is -1.09. The van der Waals surface area contributed by atoms with Gasteiger partial charge in [0, 0.05) is 5.70 Å². The number of carbonyl (C=O) groups is 2. The Hall–Kier alpha value is -4.25. The molecule has 38 heavy (non-hydrogen) atoms. The molecule has 4 N–H and O–H groups in total. The van der Waals surface area contributed by atoms with Crippen LogP contribution in [-0.4, -0.2) is 56.5 Å². The normalized spacial score (nSPS) is 15.9. The summed E-state index contributed by atoms with van der Waals surface area (Å²) in [7, 11) is 1.28. The summed E-state index contributed by atoms with van der Waals surface area (Å²) in [4.78, 5) is 24.5. The lowest BCUT2D eigenvalue weighted by Crippen LogP contribution is -2.45. The molecule has 0 fully saturated rings. The lowest BCUT2D eigenvalue weighted by Gasteiger charge is -2.28. The SMILES string of the molecule is CCCOc1ccc(/C=N\N[C@H](O)COc2ccc([C@H]3NC(=O)NC(C)=C3C(=O)OC)cc2OCC)cc1. The first-order valence-corrected chi connectivity index (χ1v) is 12.3. The van der Waals surface area contributed by atoms with Crippen LogP contribution in [0.3, 0.4) is 0 Å². The van der Waals surface area contributed by atoms with Gasteiger partial charge < -0.3 is 34.7 Å². The summed E-state index contributed by atoms with van der Waals surface area (Å²) < 4.78 is 21.9. The van der Waals surface area contributed by atoms with Gasteiger partial charge in [0.2, 0.25) is 0 Å². The van der Waals surface area contributed by atoms with Crippen LogP contribution < -0.4 is 30.3 Å². The van der Waals surface area contributed by atoms with Crippen molar-refractivity contribution in [3.8, 4) is 17.2 Å². The number of hydrogen-bond donors (Lipinski definition) is 4. The molecule has 0 bridgehead atoms. The van der Waals surface area contributed by atoms with E-state index >= 15 is 0 Å². The Balaban J connectivity index is 1.64. The summed E-state index contributed by atoms with van der Waals surface area (Å²) in [6.07, 6.45) is 1.43. The zero-order valence-corrected chi connectivity index (χ0v) is 21.9. The largest absolute Gasteiger partial charge is 0.494 e. The van der Waals surface area contributed by atoms with E-state index in [1.165, 1.54) is 7.11 Å². The molecule has 2 amide bonds. The van der Waals surface area contributed by atoms with Gasteiger partial charge in [0.05, 0.1) is 38.2 Å². The second kappa shape index (κ2) is 13.9. The molecule has 0 saturated heterocycles. The number of methoxy groups -OCH3 is 1. The molecule has 2 aromatic rings. The molecule has 0 aliphatic carbocycles. The predicted molar refractivity (Wildman–Crippen MR) is 141 cm³/mol. The molecular formula is C27H34N4O7. The number of nitrogens with zero attached hydrogens (tertiary/aromatic N) is 1. The van der Waals surface area contributed by atoms with Gasteiger partial charge in [-0.25, -0.2) is 9.59 Å². The van der Waals surface area contributed by atoms with Gasteiger partial charge >= 0.3 is 12.0 Å². The van der Waals surface area contributed by atoms with Crippen molar-refractivity contribution in [2.24, 2.45) is 5.10 Å². The summed E-state index contributed by atoms with van der Waals surface area (Å²) >= 11 is 0. The summed E-state index contributed by atoms with van der Waals surface area (Å²) in [6.45, 7) is 6.40. The number of hydrogen-bond acceptors (Lipinski definition) is 9. The summed E-state index contributed by atoms with van der Waals surface area (Å²) in [5.41, 5.74) is 4.74. The molecule has 0 spiro atoms. The van der Waals surface area contributed by atoms with Gasteiger partial charge in [0.1, 0.15) is 12.4 Å². The standard InChI is InChI=1S/C27H34N4O7/c1-5-13-37-20-10-7-18(8-11-20)15-28-31-23(32)16-38-21-12-9-19(14-22(21)36-6-2)25-24(26(33)35-4)17(3)29-27(34)30-25/h7-12,14-15,23,25,31-32H,5-6,13,16H2,1-4H3,(H2,29,30,34)/b28-15-/t23-,25-/m1/s1. The summed E-state index contributed by atoms with van der Waals surface area (Å²) in [5.74, 6) is 0.995. The Labute approximate surface area is 221 Å². The zero-order chi connectivity index (χ0) is 27.5. The average Bonchev–Trinajstić information content (AvgIpc) is 2.91. The van der Waals surface area contributed by atoms with Gasteiger partial charge in [-0.05, 0) is 67.8 Å². The number of carbonyl (C=O) groups excluding carboxylic acids is 2. The lowest BCUT2D eigenvalue weighted by molar-refractivity contribution is -0.136. The molecule has 11 heteroatoms. The van der Waals surface area contributed by atoms with E-state index in [9.17, 15) is 14.7 Å². The maximum absolute atomic E-state index is 12.4. The van der Waals surface area contributed by atoms with E-state index in [-0.39, 0.29) is 12.2 Å². The van der Waals surface area contributed by atoms with Gasteiger partial charge in [-0.3, -0.25) is 5.43 Å². The molecule has 0 radical (unpaired) electrons. The molecule has 1 aliphatic heterocycles. The van der Waals surface area contributed by atoms with Crippen LogP contribution >= 0.6 is 0 Å². The number of aliphatic hydroxyl groups is 1. The van der Waals surface area contributed by atoms with Crippen LogP contribution in [0, 0.1) is 0 Å². The maximum Gasteiger partial charge on any atom is 0.337 e. The fourth-order valence-electron chi connectivity index (χ4n) is 3.69. The highest BCUT2D eigenvalue weighted by molar-refractivity contribution is 5.95. The van der Waals surface area contributed by atoms with Gasteiger partial charge in [-0.15, -0.1) is 0 Å². The van der Waals surface area contributed by atoms with Crippen molar-refractivity contribution in [1.82, 2.24) is 16.1 Å². The van der Waals surface area contributed by atoms with E-state index < -0.39 is 24.3 Å². The average molecular weight is 527 g/mol. The second-order valence-electron chi connectivity index (χ2n) is 8.33. The number of amides is 2. The fourth-order valence-corrected chi connectivity index (χ4v) is 3.69. The van der Waals surface area contributed by atoms with Crippen molar-refractivity contribution in [1.29, 1.82) is 0 Å². The third-order valence-electron chi connectivity index (χ3n) is 5.46. The highest BCUT2D eigenvalue weighted by Gasteiger charge is 2.32. The maximum atomic E-state index is 12.4. The molecule has 0 unspecified atom stereocenters. The number of ether oxygens (including phenoxy) is 4. The molecule has 1 heterocycles. The van der Waals surface area contributed by atoms with E-state index in [4.69, 9.17) is 18.9 Å². The number of nitrogens with one attached hydrogen (secondary N) is 3. The summed E-state index contributed by atoms with van der Waals surface area (Å²) in [5, 5.41) is 19.6. The first kappa shape index (κ1) is 28.3. The number of aliphatic hydroxyl groups excluding tert-OH is 1. The van der Waals surface area contributed by atoms with Crippen molar-refractivity contribution in [2.45, 2.75) is 39.5 Å². The Bertz CT molecular complexity index is 1160. The van der Waals surface area contributed by atoms with E-state index in [1.807, 2.05) is 38.1 Å². The highest BCUT2D eigenvalue weighted by Crippen LogP contribution is 2.34. The van der Waals surface area contributed by atoms with Crippen LogP contribution in [0.1, 0.15) is 44.4 Å². The number of urea groups is 1. The molecule has 0 saturated carbocycles. The van der Waals surface area contributed by atoms with Crippen LogP contribution in [0.2, 0.25) is 0 Å². The van der Waals surface area contributed by atoms with Crippen LogP contribution in [0.25, 0.3) is 0 Å². The smallest absolute Gasteiger partial charge is 0.337 e. The number of rotatable bonds is 13. The molecule has 2 atom stereocenters. The Morgan fingerprint density at radius 2 is 1.89 bits per heavy atom. The van der Waals surface area contributed by atoms with E-state index in [1.54, 1.807) is 31.3 Å². The molecule has 1 aliphatic rings.